The van der Waals surface area contributed by atoms with Crippen LogP contribution in [0, 0.1) is 0 Å². The highest BCUT2D eigenvalue weighted by Crippen LogP contribution is 2.25. The van der Waals surface area contributed by atoms with Crippen LogP contribution in [0.1, 0.15) is 23.2 Å². The Morgan fingerprint density at radius 2 is 2.03 bits per heavy atom. The van der Waals surface area contributed by atoms with E-state index in [1.54, 1.807) is 19.2 Å². The average molecular weight is 458 g/mol. The summed E-state index contributed by atoms with van der Waals surface area (Å²) in [6, 6.07) is 4.94. The molecule has 13 heteroatoms. The van der Waals surface area contributed by atoms with Gasteiger partial charge in [-0.05, 0) is 37.1 Å². The first-order chi connectivity index (χ1) is 15.7. The molecular weight excluding hydrogens is 434 g/mol. The largest absolute Gasteiger partial charge is 0.550 e. The molecule has 1 aromatic heterocycles. The summed E-state index contributed by atoms with van der Waals surface area (Å²) in [5.41, 5.74) is 6.56. The second-order valence-electron chi connectivity index (χ2n) is 7.53. The second kappa shape index (κ2) is 9.89. The van der Waals surface area contributed by atoms with Gasteiger partial charge in [-0.25, -0.2) is 4.79 Å². The molecule has 7 N–H and O–H groups in total. The first-order valence-corrected chi connectivity index (χ1v) is 10.1. The summed E-state index contributed by atoms with van der Waals surface area (Å²) in [6.07, 6.45) is -0.759. The van der Waals surface area contributed by atoms with Crippen molar-refractivity contribution in [3.8, 4) is 0 Å². The van der Waals surface area contributed by atoms with Crippen LogP contribution in [0.5, 0.6) is 0 Å². The lowest BCUT2D eigenvalue weighted by Crippen LogP contribution is -2.48. The number of rotatable bonds is 9. The van der Waals surface area contributed by atoms with Gasteiger partial charge in [0.25, 0.3) is 11.5 Å². The van der Waals surface area contributed by atoms with Crippen molar-refractivity contribution >= 4 is 41.0 Å². The Hall–Kier alpha value is -4.29. The Kier molecular flexibility index (Phi) is 7.00. The maximum absolute atomic E-state index is 12.3. The van der Waals surface area contributed by atoms with Crippen molar-refractivity contribution in [1.29, 1.82) is 0 Å². The number of carboxylic acid groups (broad SMARTS) is 2. The van der Waals surface area contributed by atoms with Gasteiger partial charge in [-0.1, -0.05) is 0 Å². The Morgan fingerprint density at radius 3 is 2.67 bits per heavy atom. The van der Waals surface area contributed by atoms with Crippen LogP contribution >= 0.6 is 0 Å². The van der Waals surface area contributed by atoms with E-state index in [9.17, 15) is 24.3 Å². The van der Waals surface area contributed by atoms with Gasteiger partial charge in [0.05, 0.1) is 6.04 Å². The minimum absolute atomic E-state index is 0.0360. The number of H-pyrrole nitrogens is 1. The molecule has 1 unspecified atom stereocenters. The Labute approximate surface area is 188 Å². The first-order valence-electron chi connectivity index (χ1n) is 10.1. The molecule has 0 radical (unpaired) electrons. The van der Waals surface area contributed by atoms with Crippen molar-refractivity contribution in [2.75, 3.05) is 41.4 Å². The fourth-order valence-electron chi connectivity index (χ4n) is 3.41. The van der Waals surface area contributed by atoms with Crippen molar-refractivity contribution in [1.82, 2.24) is 15.3 Å². The second-order valence-corrected chi connectivity index (χ2v) is 7.53. The van der Waals surface area contributed by atoms with E-state index in [0.717, 1.165) is 0 Å². The van der Waals surface area contributed by atoms with Gasteiger partial charge in [0.1, 0.15) is 11.7 Å². The van der Waals surface area contributed by atoms with E-state index in [0.29, 0.717) is 30.3 Å². The highest BCUT2D eigenvalue weighted by Gasteiger charge is 2.27. The number of hydrogen-bond donors (Lipinski definition) is 6. The van der Waals surface area contributed by atoms with Gasteiger partial charge in [0, 0.05) is 37.4 Å². The third-order valence-corrected chi connectivity index (χ3v) is 5.25. The van der Waals surface area contributed by atoms with Gasteiger partial charge in [0.15, 0.2) is 5.82 Å². The van der Waals surface area contributed by atoms with Gasteiger partial charge in [0.2, 0.25) is 5.95 Å². The third-order valence-electron chi connectivity index (χ3n) is 5.25. The maximum Gasteiger partial charge on any atom is 0.326 e. The molecule has 0 spiro atoms. The molecule has 176 valence electrons. The number of fused-ring (bicyclic) bond motifs is 1. The fraction of sp³-hybridized carbons (Fsp3) is 0.350. The van der Waals surface area contributed by atoms with E-state index < -0.39 is 30.3 Å². The standard InChI is InChI=1S/C20H25N7O6/c1-27-12(9-23-16-15(27)18(31)26-20(21)25-16)8-22-11-4-2-10(3-5-11)17(30)24-13(19(32)33)6-7-14(28)29/h2-5,12-13,22H,6-9H2,1H3,(H,24,30)(H,28,29)(H,32,33)(H4,21,23,25,26,31)/p-1/t12?,13-/m0/s1. The van der Waals surface area contributed by atoms with Gasteiger partial charge in [-0.2, -0.15) is 4.98 Å². The van der Waals surface area contributed by atoms with Crippen molar-refractivity contribution in [2.45, 2.75) is 24.9 Å². The molecule has 1 aromatic carbocycles. The Balaban J connectivity index is 1.58. The predicted molar refractivity (Wildman–Crippen MR) is 118 cm³/mol. The van der Waals surface area contributed by atoms with Crippen LogP contribution in [0.4, 0.5) is 23.1 Å². The molecule has 1 aliphatic rings. The maximum atomic E-state index is 12.3. The first kappa shape index (κ1) is 23.4. The minimum Gasteiger partial charge on any atom is -0.550 e. The Morgan fingerprint density at radius 1 is 1.33 bits per heavy atom. The number of carbonyl (C=O) groups excluding carboxylic acids is 2. The Bertz CT molecular complexity index is 1100. The van der Waals surface area contributed by atoms with Crippen LogP contribution in [-0.2, 0) is 9.59 Å². The molecule has 2 heterocycles. The van der Waals surface area contributed by atoms with Gasteiger partial charge in [-0.15, -0.1) is 0 Å². The summed E-state index contributed by atoms with van der Waals surface area (Å²) in [7, 11) is 1.78. The number of aliphatic carboxylic acids is 2. The van der Waals surface area contributed by atoms with Gasteiger partial charge < -0.3 is 41.6 Å². The summed E-state index contributed by atoms with van der Waals surface area (Å²) in [5, 5.41) is 28.3. The smallest absolute Gasteiger partial charge is 0.326 e. The zero-order valence-corrected chi connectivity index (χ0v) is 17.8. The molecule has 0 aliphatic carbocycles. The van der Waals surface area contributed by atoms with E-state index in [4.69, 9.17) is 10.8 Å². The van der Waals surface area contributed by atoms with Crippen molar-refractivity contribution < 1.29 is 24.6 Å². The minimum atomic E-state index is -1.39. The molecule has 33 heavy (non-hydrogen) atoms. The zero-order chi connectivity index (χ0) is 24.1. The van der Waals surface area contributed by atoms with Gasteiger partial charge >= 0.3 is 5.97 Å². The van der Waals surface area contributed by atoms with E-state index >= 15 is 0 Å². The molecule has 0 fully saturated rings. The number of aromatic amines is 1. The summed E-state index contributed by atoms with van der Waals surface area (Å²) in [4.78, 5) is 54.7. The number of anilines is 4. The molecule has 2 aromatic rings. The average Bonchev–Trinajstić information content (AvgIpc) is 2.75. The molecule has 0 bridgehead atoms. The number of amides is 1. The molecule has 13 nitrogen and oxygen atoms in total. The number of nitrogen functional groups attached to an aromatic ring is 1. The van der Waals surface area contributed by atoms with Crippen LogP contribution in [0.2, 0.25) is 0 Å². The molecule has 2 atom stereocenters. The van der Waals surface area contributed by atoms with Crippen LogP contribution in [0.15, 0.2) is 29.1 Å². The number of carboxylic acids is 2. The summed E-state index contributed by atoms with van der Waals surface area (Å²) < 4.78 is 0. The van der Waals surface area contributed by atoms with Crippen molar-refractivity contribution in [3.63, 3.8) is 0 Å². The van der Waals surface area contributed by atoms with Gasteiger partial charge in [-0.3, -0.25) is 14.6 Å². The lowest BCUT2D eigenvalue weighted by atomic mass is 10.1. The van der Waals surface area contributed by atoms with Crippen molar-refractivity contribution in [3.05, 3.63) is 40.2 Å². The number of likely N-dealkylation sites (N-methyl/N-ethyl adjacent to an activating group) is 1. The molecule has 1 amide bonds. The summed E-state index contributed by atoms with van der Waals surface area (Å²) in [5.74, 6) is -2.89. The highest BCUT2D eigenvalue weighted by molar-refractivity contribution is 5.96. The van der Waals surface area contributed by atoms with E-state index in [2.05, 4.69) is 25.9 Å². The topological polar surface area (TPSA) is 206 Å². The highest BCUT2D eigenvalue weighted by atomic mass is 16.4. The number of aromatic nitrogens is 2. The van der Waals surface area contributed by atoms with E-state index in [-0.39, 0.29) is 29.5 Å². The number of nitrogens with one attached hydrogen (secondary N) is 4. The van der Waals surface area contributed by atoms with Crippen LogP contribution in [0.25, 0.3) is 0 Å². The fourth-order valence-corrected chi connectivity index (χ4v) is 3.41. The van der Waals surface area contributed by atoms with E-state index in [1.807, 2.05) is 4.90 Å². The lowest BCUT2D eigenvalue weighted by molar-refractivity contribution is -0.305. The van der Waals surface area contributed by atoms with Crippen molar-refractivity contribution in [2.24, 2.45) is 0 Å². The molecule has 0 saturated carbocycles. The van der Waals surface area contributed by atoms with Crippen LogP contribution in [-0.4, -0.2) is 65.1 Å². The number of nitrogens with two attached hydrogens (primary N) is 1. The molecule has 0 saturated heterocycles. The zero-order valence-electron chi connectivity index (χ0n) is 17.8. The summed E-state index contributed by atoms with van der Waals surface area (Å²) >= 11 is 0. The normalized spacial score (nSPS) is 15.7. The quantitative estimate of drug-likeness (QED) is 0.252. The summed E-state index contributed by atoms with van der Waals surface area (Å²) in [6.45, 7) is 0.998. The SMILES string of the molecule is CN1c2c(nc(N)[nH]c2=O)NCC1CNc1ccc(C(=O)N[C@@H](CCC(=O)[O-])C(=O)O)cc1. The number of nitrogens with zero attached hydrogens (tertiary/aromatic N) is 2. The monoisotopic (exact) mass is 458 g/mol. The molecule has 1 aliphatic heterocycles. The predicted octanol–water partition coefficient (Wildman–Crippen LogP) is -1.59. The lowest BCUT2D eigenvalue weighted by Gasteiger charge is -2.35. The number of hydrogen-bond acceptors (Lipinski definition) is 10. The van der Waals surface area contributed by atoms with Crippen LogP contribution < -0.4 is 37.2 Å². The third kappa shape index (κ3) is 5.70. The molecule has 3 rings (SSSR count). The van der Waals surface area contributed by atoms with Crippen LogP contribution in [0.3, 0.4) is 0 Å². The number of carbonyl (C=O) groups is 3. The van der Waals surface area contributed by atoms with E-state index in [1.165, 1.54) is 12.1 Å². The number of benzene rings is 1. The molecular formula is C20H24N7O6-.